The maximum Gasteiger partial charge on any atom is 0.166 e. The van der Waals surface area contributed by atoms with Gasteiger partial charge in [-0.2, -0.15) is 0 Å². The van der Waals surface area contributed by atoms with E-state index in [4.69, 9.17) is 0 Å². The largest absolute Gasteiger partial charge is 0.203 e. The van der Waals surface area contributed by atoms with E-state index in [9.17, 15) is 0 Å². The van der Waals surface area contributed by atoms with Crippen LogP contribution in [0.25, 0.3) is 0 Å². The Kier molecular flexibility index (Phi) is 7.19. The Morgan fingerprint density at radius 1 is 0.400 bits per heavy atom. The topological polar surface area (TPSA) is 0 Å². The fourth-order valence-corrected chi connectivity index (χ4v) is 6.05. The number of halogens is 6. The molecule has 5 rings (SSSR count). The molecule has 0 amide bonds. The molecule has 0 N–H and O–H groups in total. The lowest BCUT2D eigenvalue weighted by Crippen LogP contribution is -2.32. The van der Waals surface area contributed by atoms with E-state index in [1.165, 1.54) is 0 Å². The maximum atomic E-state index is 15.8. The van der Waals surface area contributed by atoms with Gasteiger partial charge >= 0.3 is 0 Å². The first-order chi connectivity index (χ1) is 18.7. The van der Waals surface area contributed by atoms with E-state index in [-0.39, 0.29) is 0 Å². The fourth-order valence-electron chi connectivity index (χ4n) is 5.52. The molecule has 0 aliphatic heterocycles. The summed E-state index contributed by atoms with van der Waals surface area (Å²) in [6, 6.07) is 15.4. The average molecular weight is 672 g/mol. The molecule has 0 saturated carbocycles. The summed E-state index contributed by atoms with van der Waals surface area (Å²) >= 11 is 6.84. The van der Waals surface area contributed by atoms with Gasteiger partial charge in [0.2, 0.25) is 0 Å². The Morgan fingerprint density at radius 3 is 0.875 bits per heavy atom. The molecule has 0 radical (unpaired) electrons. The summed E-state index contributed by atoms with van der Waals surface area (Å²) in [4.78, 5) is 0. The van der Waals surface area contributed by atoms with Crippen molar-refractivity contribution in [3.63, 3.8) is 0 Å². The summed E-state index contributed by atoms with van der Waals surface area (Å²) in [6.07, 6.45) is 13.7. The van der Waals surface area contributed by atoms with Gasteiger partial charge in [0.15, 0.2) is 23.3 Å². The van der Waals surface area contributed by atoms with Crippen LogP contribution in [0.1, 0.15) is 49.9 Å². The molecule has 0 fully saturated rings. The number of hydrogen-bond donors (Lipinski definition) is 0. The van der Waals surface area contributed by atoms with Crippen molar-refractivity contribution in [3.8, 4) is 0 Å². The van der Waals surface area contributed by atoms with Crippen LogP contribution in [0.5, 0.6) is 0 Å². The number of allylic oxidation sites excluding steroid dienone is 8. The van der Waals surface area contributed by atoms with Crippen LogP contribution in [0, 0.1) is 23.3 Å². The number of hydrogen-bond acceptors (Lipinski definition) is 0. The van der Waals surface area contributed by atoms with Crippen LogP contribution in [-0.4, -0.2) is 0 Å². The lowest BCUT2D eigenvalue weighted by molar-refractivity contribution is 0.399. The van der Waals surface area contributed by atoms with Crippen molar-refractivity contribution in [2.24, 2.45) is 0 Å². The second-order valence-corrected chi connectivity index (χ2v) is 13.3. The van der Waals surface area contributed by atoms with Gasteiger partial charge in [-0.3, -0.25) is 0 Å². The molecule has 0 bridgehead atoms. The highest BCUT2D eigenvalue weighted by atomic mass is 79.9. The first-order valence-electron chi connectivity index (χ1n) is 12.9. The molecule has 40 heavy (non-hydrogen) atoms. The minimum Gasteiger partial charge on any atom is -0.203 e. The van der Waals surface area contributed by atoms with E-state index in [0.29, 0.717) is 0 Å². The molecule has 0 unspecified atom stereocenters. The molecule has 206 valence electrons. The van der Waals surface area contributed by atoms with Crippen LogP contribution in [-0.2, 0) is 21.7 Å². The first kappa shape index (κ1) is 28.8. The monoisotopic (exact) mass is 670 g/mol. The minimum atomic E-state index is -1.39. The van der Waals surface area contributed by atoms with Gasteiger partial charge in [0, 0.05) is 41.7 Å². The fraction of sp³-hybridized carbons (Fsp3) is 0.235. The summed E-state index contributed by atoms with van der Waals surface area (Å²) in [5.74, 6) is -5.55. The van der Waals surface area contributed by atoms with Crippen LogP contribution >= 0.6 is 31.9 Å². The quantitative estimate of drug-likeness (QED) is 0.147. The van der Waals surface area contributed by atoms with E-state index < -0.39 is 56.1 Å². The first-order valence-corrected chi connectivity index (χ1v) is 14.5. The van der Waals surface area contributed by atoms with Crippen molar-refractivity contribution >= 4 is 31.9 Å². The zero-order valence-corrected chi connectivity index (χ0v) is 25.7. The van der Waals surface area contributed by atoms with Gasteiger partial charge in [-0.25, -0.2) is 17.6 Å². The standard InChI is InChI=1S/C34H28Br2F4/c1-31(21-5-9-23(35)10-6-21)13-17-33(3,18-14-31)25-27(37)29(39)26(30(40)28(25)38)34(4)19-15-32(2,16-20-34)22-7-11-24(36)12-8-22/h5-20H,1-4H3. The Labute approximate surface area is 249 Å². The predicted molar refractivity (Wildman–Crippen MR) is 161 cm³/mol. The Balaban J connectivity index is 1.52. The van der Waals surface area contributed by atoms with Crippen molar-refractivity contribution in [2.45, 2.75) is 49.4 Å². The molecule has 0 aromatic heterocycles. The van der Waals surface area contributed by atoms with Crippen LogP contribution < -0.4 is 0 Å². The van der Waals surface area contributed by atoms with Crippen LogP contribution in [0.15, 0.2) is 106 Å². The molecule has 3 aromatic carbocycles. The third kappa shape index (κ3) is 4.77. The van der Waals surface area contributed by atoms with Crippen LogP contribution in [0.4, 0.5) is 17.6 Å². The second kappa shape index (κ2) is 9.99. The van der Waals surface area contributed by atoms with Gasteiger partial charge in [0.05, 0.1) is 0 Å². The smallest absolute Gasteiger partial charge is 0.166 e. The second-order valence-electron chi connectivity index (χ2n) is 11.5. The van der Waals surface area contributed by atoms with Crippen molar-refractivity contribution in [2.75, 3.05) is 0 Å². The third-order valence-corrected chi connectivity index (χ3v) is 9.43. The van der Waals surface area contributed by atoms with Crippen molar-refractivity contribution in [1.29, 1.82) is 0 Å². The van der Waals surface area contributed by atoms with Gasteiger partial charge in [0.1, 0.15) is 0 Å². The summed E-state index contributed by atoms with van der Waals surface area (Å²) in [5, 5.41) is 0. The SMILES string of the molecule is CC1(c2ccc(Br)cc2)C=CC(C)(c2c(F)c(F)c(C3(C)C=CC(C)(c4ccc(Br)cc4)C=C3)c(F)c2F)C=C1. The van der Waals surface area contributed by atoms with Gasteiger partial charge in [-0.1, -0.05) is 105 Å². The molecule has 0 heterocycles. The average Bonchev–Trinajstić information content (AvgIpc) is 2.92. The molecular weight excluding hydrogens is 644 g/mol. The van der Waals surface area contributed by atoms with Crippen molar-refractivity contribution in [1.82, 2.24) is 0 Å². The van der Waals surface area contributed by atoms with Gasteiger partial charge in [-0.05, 0) is 63.1 Å². The predicted octanol–water partition coefficient (Wildman–Crippen LogP) is 10.5. The lowest BCUT2D eigenvalue weighted by atomic mass is 9.68. The molecular formula is C34H28Br2F4. The Hall–Kier alpha value is -2.70. The normalized spacial score (nSPS) is 29.2. The van der Waals surface area contributed by atoms with Crippen molar-refractivity contribution < 1.29 is 17.6 Å². The molecule has 0 spiro atoms. The van der Waals surface area contributed by atoms with E-state index in [1.807, 2.05) is 86.7 Å². The molecule has 3 aromatic rings. The number of rotatable bonds is 4. The maximum absolute atomic E-state index is 15.8. The molecule has 0 atom stereocenters. The third-order valence-electron chi connectivity index (χ3n) is 8.38. The molecule has 0 saturated heterocycles. The lowest BCUT2D eigenvalue weighted by Gasteiger charge is -2.36. The highest BCUT2D eigenvalue weighted by molar-refractivity contribution is 9.10. The summed E-state index contributed by atoms with van der Waals surface area (Å²) in [6.45, 7) is 7.02. The zero-order valence-electron chi connectivity index (χ0n) is 22.5. The Bertz CT molecular complexity index is 1420. The van der Waals surface area contributed by atoms with E-state index in [0.717, 1.165) is 20.1 Å². The van der Waals surface area contributed by atoms with Crippen molar-refractivity contribution in [3.05, 3.63) is 152 Å². The van der Waals surface area contributed by atoms with Gasteiger partial charge in [-0.15, -0.1) is 0 Å². The Morgan fingerprint density at radius 2 is 0.625 bits per heavy atom. The number of benzene rings is 3. The summed E-state index contributed by atoms with van der Waals surface area (Å²) in [7, 11) is 0. The minimum absolute atomic E-state index is 0.545. The molecule has 0 nitrogen and oxygen atoms in total. The van der Waals surface area contributed by atoms with Crippen LogP contribution in [0.3, 0.4) is 0 Å². The summed E-state index contributed by atoms with van der Waals surface area (Å²) in [5.41, 5.74) is -3.22. The van der Waals surface area contributed by atoms with Gasteiger partial charge in [0.25, 0.3) is 0 Å². The van der Waals surface area contributed by atoms with Crippen LogP contribution in [0.2, 0.25) is 0 Å². The van der Waals surface area contributed by atoms with E-state index in [1.54, 1.807) is 38.2 Å². The summed E-state index contributed by atoms with van der Waals surface area (Å²) < 4.78 is 64.9. The van der Waals surface area contributed by atoms with E-state index >= 15 is 17.6 Å². The highest BCUT2D eigenvalue weighted by Crippen LogP contribution is 2.45. The molecule has 6 heteroatoms. The van der Waals surface area contributed by atoms with Gasteiger partial charge < -0.3 is 0 Å². The molecule has 2 aliphatic carbocycles. The van der Waals surface area contributed by atoms with E-state index in [2.05, 4.69) is 31.9 Å². The molecule has 2 aliphatic rings. The zero-order chi connectivity index (χ0) is 29.1. The highest BCUT2D eigenvalue weighted by Gasteiger charge is 2.42.